The van der Waals surface area contributed by atoms with Gasteiger partial charge in [0.25, 0.3) is 5.91 Å². The molecule has 11 heteroatoms. The summed E-state index contributed by atoms with van der Waals surface area (Å²) < 4.78 is 19.3. The zero-order chi connectivity index (χ0) is 29.1. The third-order valence-corrected chi connectivity index (χ3v) is 6.08. The molecule has 0 aliphatic heterocycles. The molecule has 0 radical (unpaired) electrons. The van der Waals surface area contributed by atoms with Gasteiger partial charge in [0.05, 0.1) is 38.0 Å². The van der Waals surface area contributed by atoms with Crippen LogP contribution in [0.2, 0.25) is 0 Å². The molecule has 3 heterocycles. The lowest BCUT2D eigenvalue weighted by Crippen LogP contribution is -2.27. The van der Waals surface area contributed by atoms with Crippen molar-refractivity contribution in [3.8, 4) is 23.0 Å². The Balaban J connectivity index is 1.59. The molecule has 1 amide bonds. The van der Waals surface area contributed by atoms with Crippen molar-refractivity contribution in [1.82, 2.24) is 24.3 Å². The van der Waals surface area contributed by atoms with Crippen molar-refractivity contribution < 1.29 is 23.8 Å². The zero-order valence-corrected chi connectivity index (χ0v) is 23.4. The van der Waals surface area contributed by atoms with Crippen LogP contribution in [0.15, 0.2) is 72.9 Å². The Bertz CT molecular complexity index is 1700. The molecule has 0 bridgehead atoms. The van der Waals surface area contributed by atoms with Crippen LogP contribution in [-0.2, 0) is 11.3 Å². The number of hydrogen-bond donors (Lipinski definition) is 1. The number of nitrogens with one attached hydrogen (secondary N) is 1. The maximum absolute atomic E-state index is 13.5. The van der Waals surface area contributed by atoms with E-state index in [1.54, 1.807) is 56.8 Å². The normalized spacial score (nSPS) is 11.3. The van der Waals surface area contributed by atoms with Gasteiger partial charge in [0, 0.05) is 6.07 Å². The minimum atomic E-state index is -0.729. The van der Waals surface area contributed by atoms with E-state index in [0.29, 0.717) is 34.8 Å². The molecule has 0 spiro atoms. The lowest BCUT2D eigenvalue weighted by molar-refractivity contribution is 0.0546. The van der Waals surface area contributed by atoms with E-state index in [2.05, 4.69) is 15.4 Å². The molecule has 0 atom stereocenters. The SMILES string of the molecule is COc1ccc(Cn2nc(NC(=O)c3ccc(OC)cn3)cc2-c2nc3ccccc3n2C(=O)OC(C)(C)C)cc1. The Hall–Kier alpha value is -5.19. The molecule has 3 aromatic heterocycles. The third kappa shape index (κ3) is 6.03. The third-order valence-electron chi connectivity index (χ3n) is 6.08. The summed E-state index contributed by atoms with van der Waals surface area (Å²) in [6.07, 6.45) is 0.887. The topological polar surface area (TPSA) is 122 Å². The Morgan fingerprint density at radius 3 is 2.29 bits per heavy atom. The standard InChI is InChI=1S/C30H30N6O5/c1-30(2,3)41-29(38)36-24-9-7-6-8-22(24)32-27(36)25-16-26(33-28(37)23-15-14-21(40-5)17-31-23)34-35(25)18-19-10-12-20(39-4)13-11-19/h6-17H,18H2,1-5H3,(H,33,34,37). The summed E-state index contributed by atoms with van der Waals surface area (Å²) in [6.45, 7) is 5.74. The second-order valence-corrected chi connectivity index (χ2v) is 10.2. The highest BCUT2D eigenvalue weighted by Gasteiger charge is 2.26. The quantitative estimate of drug-likeness (QED) is 0.284. The van der Waals surface area contributed by atoms with Crippen LogP contribution in [0.25, 0.3) is 22.6 Å². The molecule has 0 saturated carbocycles. The van der Waals surface area contributed by atoms with Gasteiger partial charge in [-0.2, -0.15) is 5.10 Å². The number of nitrogens with zero attached hydrogens (tertiary/aromatic N) is 5. The van der Waals surface area contributed by atoms with Crippen molar-refractivity contribution in [2.75, 3.05) is 19.5 Å². The summed E-state index contributed by atoms with van der Waals surface area (Å²) in [5.41, 5.74) is 2.08. The lowest BCUT2D eigenvalue weighted by atomic mass is 10.2. The van der Waals surface area contributed by atoms with Crippen LogP contribution in [0.5, 0.6) is 11.5 Å². The van der Waals surface area contributed by atoms with Crippen molar-refractivity contribution >= 4 is 28.9 Å². The Morgan fingerprint density at radius 2 is 1.63 bits per heavy atom. The van der Waals surface area contributed by atoms with E-state index in [9.17, 15) is 9.59 Å². The van der Waals surface area contributed by atoms with Crippen molar-refractivity contribution in [3.05, 3.63) is 84.2 Å². The number of hydrogen-bond acceptors (Lipinski definition) is 8. The van der Waals surface area contributed by atoms with Crippen LogP contribution >= 0.6 is 0 Å². The summed E-state index contributed by atoms with van der Waals surface area (Å²) in [5.74, 6) is 1.40. The van der Waals surface area contributed by atoms with Gasteiger partial charge in [0.1, 0.15) is 28.5 Å². The highest BCUT2D eigenvalue weighted by molar-refractivity contribution is 6.02. The van der Waals surface area contributed by atoms with Crippen molar-refractivity contribution in [2.24, 2.45) is 0 Å². The molecule has 11 nitrogen and oxygen atoms in total. The smallest absolute Gasteiger partial charge is 0.420 e. The first kappa shape index (κ1) is 27.4. The highest BCUT2D eigenvalue weighted by Crippen LogP contribution is 2.29. The number of amides is 1. The molecule has 210 valence electrons. The molecule has 0 unspecified atom stereocenters. The number of ether oxygens (including phenoxy) is 3. The van der Waals surface area contributed by atoms with Gasteiger partial charge in [0.15, 0.2) is 11.6 Å². The number of rotatable bonds is 7. The van der Waals surface area contributed by atoms with E-state index in [4.69, 9.17) is 19.2 Å². The number of pyridine rings is 1. The van der Waals surface area contributed by atoms with Gasteiger partial charge >= 0.3 is 6.09 Å². The van der Waals surface area contributed by atoms with E-state index in [1.807, 2.05) is 42.5 Å². The number of aromatic nitrogens is 5. The largest absolute Gasteiger partial charge is 0.497 e. The number of methoxy groups -OCH3 is 2. The number of para-hydroxylation sites is 2. The van der Waals surface area contributed by atoms with Crippen LogP contribution in [0.4, 0.5) is 10.6 Å². The monoisotopic (exact) mass is 554 g/mol. The first-order valence-corrected chi connectivity index (χ1v) is 12.9. The Labute approximate surface area is 236 Å². The predicted molar refractivity (Wildman–Crippen MR) is 153 cm³/mol. The van der Waals surface area contributed by atoms with Gasteiger partial charge in [0.2, 0.25) is 0 Å². The number of carbonyl (C=O) groups is 2. The summed E-state index contributed by atoms with van der Waals surface area (Å²) in [7, 11) is 3.13. The van der Waals surface area contributed by atoms with E-state index >= 15 is 0 Å². The average Bonchev–Trinajstić information content (AvgIpc) is 3.53. The van der Waals surface area contributed by atoms with Gasteiger partial charge in [-0.25, -0.2) is 19.3 Å². The van der Waals surface area contributed by atoms with Crippen LogP contribution in [0.1, 0.15) is 36.8 Å². The second-order valence-electron chi connectivity index (χ2n) is 10.2. The molecule has 0 aliphatic rings. The van der Waals surface area contributed by atoms with Gasteiger partial charge in [-0.15, -0.1) is 0 Å². The molecular formula is C30H30N6O5. The van der Waals surface area contributed by atoms with E-state index in [0.717, 1.165) is 11.3 Å². The average molecular weight is 555 g/mol. The molecular weight excluding hydrogens is 524 g/mol. The highest BCUT2D eigenvalue weighted by atomic mass is 16.6. The molecule has 5 aromatic rings. The maximum Gasteiger partial charge on any atom is 0.420 e. The Kier molecular flexibility index (Phi) is 7.43. The number of fused-ring (bicyclic) bond motifs is 1. The molecule has 0 fully saturated rings. The summed E-state index contributed by atoms with van der Waals surface area (Å²) >= 11 is 0. The van der Waals surface area contributed by atoms with Crippen molar-refractivity contribution in [3.63, 3.8) is 0 Å². The molecule has 0 saturated heterocycles. The van der Waals surface area contributed by atoms with E-state index in [1.165, 1.54) is 17.9 Å². The van der Waals surface area contributed by atoms with Gasteiger partial charge < -0.3 is 19.5 Å². The maximum atomic E-state index is 13.5. The number of imidazole rings is 1. The lowest BCUT2D eigenvalue weighted by Gasteiger charge is -2.20. The van der Waals surface area contributed by atoms with E-state index < -0.39 is 17.6 Å². The fourth-order valence-corrected chi connectivity index (χ4v) is 4.19. The fourth-order valence-electron chi connectivity index (χ4n) is 4.19. The zero-order valence-electron chi connectivity index (χ0n) is 23.4. The molecule has 5 rings (SSSR count). The summed E-state index contributed by atoms with van der Waals surface area (Å²) in [4.78, 5) is 35.4. The minimum Gasteiger partial charge on any atom is -0.497 e. The molecule has 0 aliphatic carbocycles. The van der Waals surface area contributed by atoms with Gasteiger partial charge in [-0.05, 0) is 62.7 Å². The molecule has 1 N–H and O–H groups in total. The number of anilines is 1. The number of carbonyl (C=O) groups excluding carboxylic acids is 2. The van der Waals surface area contributed by atoms with Gasteiger partial charge in [-0.3, -0.25) is 9.48 Å². The van der Waals surface area contributed by atoms with Crippen LogP contribution in [-0.4, -0.2) is 56.1 Å². The van der Waals surface area contributed by atoms with E-state index in [-0.39, 0.29) is 11.5 Å². The van der Waals surface area contributed by atoms with Crippen LogP contribution in [0, 0.1) is 0 Å². The fraction of sp³-hybridized carbons (Fsp3) is 0.233. The number of benzene rings is 2. The van der Waals surface area contributed by atoms with Crippen LogP contribution < -0.4 is 14.8 Å². The minimum absolute atomic E-state index is 0.193. The first-order valence-electron chi connectivity index (χ1n) is 12.9. The van der Waals surface area contributed by atoms with Crippen LogP contribution in [0.3, 0.4) is 0 Å². The van der Waals surface area contributed by atoms with Crippen molar-refractivity contribution in [2.45, 2.75) is 32.9 Å². The molecule has 41 heavy (non-hydrogen) atoms. The Morgan fingerprint density at radius 1 is 0.927 bits per heavy atom. The summed E-state index contributed by atoms with van der Waals surface area (Å²) in [6, 6.07) is 19.7. The predicted octanol–water partition coefficient (Wildman–Crippen LogP) is 5.40. The summed E-state index contributed by atoms with van der Waals surface area (Å²) in [5, 5.41) is 7.47. The first-order chi connectivity index (χ1) is 19.6. The van der Waals surface area contributed by atoms with Crippen molar-refractivity contribution in [1.29, 1.82) is 0 Å². The van der Waals surface area contributed by atoms with Gasteiger partial charge in [-0.1, -0.05) is 24.3 Å². The molecule has 2 aromatic carbocycles. The second kappa shape index (κ2) is 11.1.